The molecule has 0 aliphatic carbocycles. The molecule has 0 aromatic heterocycles. The SMILES string of the molecule is CC(C)CC(=O)OCCCCl. The highest BCUT2D eigenvalue weighted by Gasteiger charge is 2.04. The molecule has 11 heavy (non-hydrogen) atoms. The summed E-state index contributed by atoms with van der Waals surface area (Å²) in [6, 6.07) is 0. The standard InChI is InChI=1S/C8H15ClO2/c1-7(2)6-8(10)11-5-3-4-9/h7H,3-6H2,1-2H3. The molecule has 0 saturated heterocycles. The molecule has 0 spiro atoms. The average molecular weight is 179 g/mol. The number of rotatable bonds is 5. The zero-order valence-corrected chi connectivity index (χ0v) is 7.86. The van der Waals surface area contributed by atoms with Gasteiger partial charge in [0.2, 0.25) is 0 Å². The molecule has 0 aromatic carbocycles. The second kappa shape index (κ2) is 6.47. The van der Waals surface area contributed by atoms with Gasteiger partial charge in [0.15, 0.2) is 0 Å². The van der Waals surface area contributed by atoms with E-state index >= 15 is 0 Å². The number of alkyl halides is 1. The summed E-state index contributed by atoms with van der Waals surface area (Å²) in [6.07, 6.45) is 1.24. The zero-order valence-electron chi connectivity index (χ0n) is 7.10. The number of ether oxygens (including phenoxy) is 1. The fraction of sp³-hybridized carbons (Fsp3) is 0.875. The molecule has 0 aliphatic heterocycles. The van der Waals surface area contributed by atoms with Crippen LogP contribution < -0.4 is 0 Å². The Morgan fingerprint density at radius 2 is 2.18 bits per heavy atom. The Kier molecular flexibility index (Phi) is 6.33. The van der Waals surface area contributed by atoms with E-state index in [2.05, 4.69) is 0 Å². The van der Waals surface area contributed by atoms with Crippen molar-refractivity contribution in [1.82, 2.24) is 0 Å². The minimum Gasteiger partial charge on any atom is -0.466 e. The molecular formula is C8H15ClO2. The Hall–Kier alpha value is -0.240. The van der Waals surface area contributed by atoms with Crippen molar-refractivity contribution in [3.8, 4) is 0 Å². The molecule has 66 valence electrons. The van der Waals surface area contributed by atoms with E-state index in [0.29, 0.717) is 24.8 Å². The van der Waals surface area contributed by atoms with Crippen LogP contribution in [0.4, 0.5) is 0 Å². The molecule has 0 unspecified atom stereocenters. The first-order chi connectivity index (χ1) is 5.16. The largest absolute Gasteiger partial charge is 0.466 e. The van der Waals surface area contributed by atoms with Crippen molar-refractivity contribution >= 4 is 17.6 Å². The van der Waals surface area contributed by atoms with Gasteiger partial charge in [-0.1, -0.05) is 13.8 Å². The van der Waals surface area contributed by atoms with Gasteiger partial charge in [-0.15, -0.1) is 11.6 Å². The molecule has 3 heteroatoms. The molecule has 0 atom stereocenters. The molecule has 0 fully saturated rings. The van der Waals surface area contributed by atoms with E-state index in [1.54, 1.807) is 0 Å². The van der Waals surface area contributed by atoms with Crippen molar-refractivity contribution in [1.29, 1.82) is 0 Å². The maximum atomic E-state index is 10.9. The Morgan fingerprint density at radius 3 is 2.64 bits per heavy atom. The van der Waals surface area contributed by atoms with Crippen LogP contribution in [0.1, 0.15) is 26.7 Å². The van der Waals surface area contributed by atoms with Crippen molar-refractivity contribution < 1.29 is 9.53 Å². The van der Waals surface area contributed by atoms with E-state index in [1.807, 2.05) is 13.8 Å². The van der Waals surface area contributed by atoms with E-state index in [-0.39, 0.29) is 5.97 Å². The minimum atomic E-state index is -0.120. The number of esters is 1. The molecule has 0 saturated carbocycles. The Morgan fingerprint density at radius 1 is 1.55 bits per heavy atom. The summed E-state index contributed by atoms with van der Waals surface area (Å²) in [6.45, 7) is 4.43. The second-order valence-corrected chi connectivity index (χ2v) is 3.24. The monoisotopic (exact) mass is 178 g/mol. The lowest BCUT2D eigenvalue weighted by atomic mass is 10.1. The number of hydrogen-bond donors (Lipinski definition) is 0. The quantitative estimate of drug-likeness (QED) is 0.367. The highest BCUT2D eigenvalue weighted by molar-refractivity contribution is 6.17. The smallest absolute Gasteiger partial charge is 0.306 e. The number of carbonyl (C=O) groups excluding carboxylic acids is 1. The van der Waals surface area contributed by atoms with Crippen LogP contribution in [0, 0.1) is 5.92 Å². The van der Waals surface area contributed by atoms with E-state index in [9.17, 15) is 4.79 Å². The topological polar surface area (TPSA) is 26.3 Å². The van der Waals surface area contributed by atoms with Gasteiger partial charge in [-0.25, -0.2) is 0 Å². The van der Waals surface area contributed by atoms with Gasteiger partial charge in [-0.2, -0.15) is 0 Å². The Bertz CT molecular complexity index is 113. The van der Waals surface area contributed by atoms with Gasteiger partial charge in [0.05, 0.1) is 6.61 Å². The first-order valence-electron chi connectivity index (χ1n) is 3.88. The fourth-order valence-electron chi connectivity index (χ4n) is 0.633. The minimum absolute atomic E-state index is 0.120. The van der Waals surface area contributed by atoms with E-state index < -0.39 is 0 Å². The zero-order chi connectivity index (χ0) is 8.69. The van der Waals surface area contributed by atoms with Gasteiger partial charge >= 0.3 is 5.97 Å². The number of halogens is 1. The molecule has 2 nitrogen and oxygen atoms in total. The first kappa shape index (κ1) is 10.8. The van der Waals surface area contributed by atoms with Crippen LogP contribution in [0.15, 0.2) is 0 Å². The summed E-state index contributed by atoms with van der Waals surface area (Å²) >= 11 is 5.40. The normalized spacial score (nSPS) is 10.2. The molecule has 0 N–H and O–H groups in total. The van der Waals surface area contributed by atoms with Crippen LogP contribution in [0.5, 0.6) is 0 Å². The molecule has 0 amide bonds. The maximum absolute atomic E-state index is 10.9. The van der Waals surface area contributed by atoms with E-state index in [0.717, 1.165) is 6.42 Å². The summed E-state index contributed by atoms with van der Waals surface area (Å²) in [5, 5.41) is 0. The van der Waals surface area contributed by atoms with Crippen LogP contribution in [0.25, 0.3) is 0 Å². The van der Waals surface area contributed by atoms with Crippen LogP contribution >= 0.6 is 11.6 Å². The molecule has 0 aromatic rings. The summed E-state index contributed by atoms with van der Waals surface area (Å²) in [7, 11) is 0. The van der Waals surface area contributed by atoms with Crippen molar-refractivity contribution in [2.45, 2.75) is 26.7 Å². The Balaban J connectivity index is 3.23. The maximum Gasteiger partial charge on any atom is 0.306 e. The molecular weight excluding hydrogens is 164 g/mol. The molecule has 0 radical (unpaired) electrons. The van der Waals surface area contributed by atoms with Gasteiger partial charge in [0.25, 0.3) is 0 Å². The highest BCUT2D eigenvalue weighted by Crippen LogP contribution is 2.01. The van der Waals surface area contributed by atoms with Crippen molar-refractivity contribution in [3.63, 3.8) is 0 Å². The van der Waals surface area contributed by atoms with Crippen LogP contribution in [-0.2, 0) is 9.53 Å². The molecule has 0 heterocycles. The third-order valence-corrected chi connectivity index (χ3v) is 1.38. The van der Waals surface area contributed by atoms with Crippen molar-refractivity contribution in [2.75, 3.05) is 12.5 Å². The molecule has 0 aliphatic rings. The second-order valence-electron chi connectivity index (χ2n) is 2.86. The molecule has 0 rings (SSSR count). The molecule has 0 bridgehead atoms. The lowest BCUT2D eigenvalue weighted by Crippen LogP contribution is -2.08. The van der Waals surface area contributed by atoms with Gasteiger partial charge in [-0.3, -0.25) is 4.79 Å². The first-order valence-corrected chi connectivity index (χ1v) is 4.42. The average Bonchev–Trinajstić information content (AvgIpc) is 1.86. The summed E-state index contributed by atoms with van der Waals surface area (Å²) in [4.78, 5) is 10.9. The highest BCUT2D eigenvalue weighted by atomic mass is 35.5. The summed E-state index contributed by atoms with van der Waals surface area (Å²) in [5.74, 6) is 0.804. The van der Waals surface area contributed by atoms with Crippen LogP contribution in [0.3, 0.4) is 0 Å². The predicted octanol–water partition coefficient (Wildman–Crippen LogP) is 2.20. The predicted molar refractivity (Wildman–Crippen MR) is 45.8 cm³/mol. The van der Waals surface area contributed by atoms with Gasteiger partial charge in [-0.05, 0) is 12.3 Å². The number of carbonyl (C=O) groups is 1. The van der Waals surface area contributed by atoms with Crippen LogP contribution in [-0.4, -0.2) is 18.5 Å². The lowest BCUT2D eigenvalue weighted by Gasteiger charge is -2.04. The van der Waals surface area contributed by atoms with Gasteiger partial charge in [0, 0.05) is 12.3 Å². The Labute approximate surface area is 72.9 Å². The fourth-order valence-corrected chi connectivity index (χ4v) is 0.742. The van der Waals surface area contributed by atoms with Gasteiger partial charge < -0.3 is 4.74 Å². The number of hydrogen-bond acceptors (Lipinski definition) is 2. The van der Waals surface area contributed by atoms with Gasteiger partial charge in [0.1, 0.15) is 0 Å². The van der Waals surface area contributed by atoms with E-state index in [4.69, 9.17) is 16.3 Å². The van der Waals surface area contributed by atoms with Crippen LogP contribution in [0.2, 0.25) is 0 Å². The van der Waals surface area contributed by atoms with Crippen molar-refractivity contribution in [3.05, 3.63) is 0 Å². The summed E-state index contributed by atoms with van der Waals surface area (Å²) in [5.41, 5.74) is 0. The third-order valence-electron chi connectivity index (χ3n) is 1.12. The lowest BCUT2D eigenvalue weighted by molar-refractivity contribution is -0.144. The third kappa shape index (κ3) is 7.66. The van der Waals surface area contributed by atoms with Crippen molar-refractivity contribution in [2.24, 2.45) is 5.92 Å². The van der Waals surface area contributed by atoms with E-state index in [1.165, 1.54) is 0 Å². The summed E-state index contributed by atoms with van der Waals surface area (Å²) < 4.78 is 4.87.